The van der Waals surface area contributed by atoms with Gasteiger partial charge in [0.15, 0.2) is 0 Å². The molecule has 1 aromatic rings. The predicted molar refractivity (Wildman–Crippen MR) is 71.7 cm³/mol. The second kappa shape index (κ2) is 4.50. The highest BCUT2D eigenvalue weighted by atomic mass is 19.3. The number of rotatable bonds is 2. The molecular weight excluding hydrogens is 268 g/mol. The minimum Gasteiger partial charge on any atom is -0.399 e. The zero-order valence-corrected chi connectivity index (χ0v) is 12.3. The second-order valence-electron chi connectivity index (χ2n) is 6.21. The number of benzene rings is 1. The lowest BCUT2D eigenvalue weighted by Crippen LogP contribution is -2.41. The first-order valence-electron chi connectivity index (χ1n) is 6.47. The van der Waals surface area contributed by atoms with Crippen LogP contribution in [0.25, 0.3) is 0 Å². The Hall–Kier alpha value is -1.01. The van der Waals surface area contributed by atoms with Gasteiger partial charge in [0, 0.05) is 17.9 Å². The van der Waals surface area contributed by atoms with E-state index in [2.05, 4.69) is 0 Å². The Morgan fingerprint density at radius 3 is 1.95 bits per heavy atom. The monoisotopic (exact) mass is 286 g/mol. The standard InChI is InChI=1S/C14H18BF3O2/c1-12(2)13(3,4)20-15(19-12)10-7-6-9(8-11(10)16)14(5,17)18/h6-8H,1-5H3. The van der Waals surface area contributed by atoms with Gasteiger partial charge in [0.25, 0.3) is 5.92 Å². The highest BCUT2D eigenvalue weighted by Crippen LogP contribution is 2.37. The van der Waals surface area contributed by atoms with Crippen LogP contribution in [0.5, 0.6) is 0 Å². The van der Waals surface area contributed by atoms with E-state index in [9.17, 15) is 13.2 Å². The summed E-state index contributed by atoms with van der Waals surface area (Å²) < 4.78 is 51.8. The second-order valence-corrected chi connectivity index (χ2v) is 6.21. The molecule has 0 unspecified atom stereocenters. The molecule has 110 valence electrons. The van der Waals surface area contributed by atoms with Gasteiger partial charge in [-0.05, 0) is 33.8 Å². The summed E-state index contributed by atoms with van der Waals surface area (Å²) in [6.45, 7) is 8.12. The molecule has 1 fully saturated rings. The maximum atomic E-state index is 14.0. The third-order valence-corrected chi connectivity index (χ3v) is 4.01. The minimum absolute atomic E-state index is 0.136. The van der Waals surface area contributed by atoms with E-state index in [0.29, 0.717) is 0 Å². The maximum Gasteiger partial charge on any atom is 0.497 e. The molecule has 2 nitrogen and oxygen atoms in total. The van der Waals surface area contributed by atoms with Crippen LogP contribution in [0.1, 0.15) is 40.2 Å². The Kier molecular flexibility index (Phi) is 3.46. The van der Waals surface area contributed by atoms with Crippen molar-refractivity contribution in [2.45, 2.75) is 51.7 Å². The molecule has 1 aliphatic rings. The summed E-state index contributed by atoms with van der Waals surface area (Å²) in [5.41, 5.74) is -1.43. The van der Waals surface area contributed by atoms with E-state index in [4.69, 9.17) is 9.31 Å². The molecule has 20 heavy (non-hydrogen) atoms. The van der Waals surface area contributed by atoms with Crippen molar-refractivity contribution in [2.75, 3.05) is 0 Å². The first-order chi connectivity index (χ1) is 8.94. The lowest BCUT2D eigenvalue weighted by Gasteiger charge is -2.32. The van der Waals surface area contributed by atoms with Crippen molar-refractivity contribution in [3.8, 4) is 0 Å². The molecule has 0 bridgehead atoms. The van der Waals surface area contributed by atoms with Crippen molar-refractivity contribution in [1.82, 2.24) is 0 Å². The first-order valence-corrected chi connectivity index (χ1v) is 6.47. The van der Waals surface area contributed by atoms with Crippen LogP contribution in [0.3, 0.4) is 0 Å². The number of hydrogen-bond donors (Lipinski definition) is 0. The van der Waals surface area contributed by atoms with Crippen LogP contribution in [-0.2, 0) is 15.2 Å². The van der Waals surface area contributed by atoms with Gasteiger partial charge in [0.2, 0.25) is 0 Å². The van der Waals surface area contributed by atoms with Crippen molar-refractivity contribution >= 4 is 12.6 Å². The summed E-state index contributed by atoms with van der Waals surface area (Å²) >= 11 is 0. The molecule has 0 radical (unpaired) electrons. The minimum atomic E-state index is -3.07. The van der Waals surface area contributed by atoms with Gasteiger partial charge in [-0.15, -0.1) is 0 Å². The van der Waals surface area contributed by atoms with Crippen LogP contribution in [0.2, 0.25) is 0 Å². The summed E-state index contributed by atoms with van der Waals surface area (Å²) in [5, 5.41) is 0. The third kappa shape index (κ3) is 2.59. The van der Waals surface area contributed by atoms with E-state index < -0.39 is 30.1 Å². The molecule has 0 atom stereocenters. The van der Waals surface area contributed by atoms with Crippen LogP contribution in [0.15, 0.2) is 18.2 Å². The molecule has 0 aromatic heterocycles. The Balaban J connectivity index is 2.33. The molecule has 6 heteroatoms. The average molecular weight is 286 g/mol. The van der Waals surface area contributed by atoms with Crippen LogP contribution in [0.4, 0.5) is 13.2 Å². The molecule has 0 amide bonds. The Morgan fingerprint density at radius 1 is 1.05 bits per heavy atom. The quantitative estimate of drug-likeness (QED) is 0.777. The molecule has 2 rings (SSSR count). The number of hydrogen-bond acceptors (Lipinski definition) is 2. The van der Waals surface area contributed by atoms with Gasteiger partial charge >= 0.3 is 7.12 Å². The summed E-state index contributed by atoms with van der Waals surface area (Å²) in [4.78, 5) is 0. The average Bonchev–Trinajstić information content (AvgIpc) is 2.46. The van der Waals surface area contributed by atoms with Crippen molar-refractivity contribution in [3.63, 3.8) is 0 Å². The summed E-state index contributed by atoms with van der Waals surface area (Å²) in [6, 6.07) is 3.33. The fraction of sp³-hybridized carbons (Fsp3) is 0.571. The van der Waals surface area contributed by atoms with Gasteiger partial charge < -0.3 is 9.31 Å². The largest absolute Gasteiger partial charge is 0.497 e. The topological polar surface area (TPSA) is 18.5 Å². The summed E-state index contributed by atoms with van der Waals surface area (Å²) in [5.74, 6) is -3.82. The van der Waals surface area contributed by atoms with Crippen LogP contribution >= 0.6 is 0 Å². The first kappa shape index (κ1) is 15.4. The maximum absolute atomic E-state index is 14.0. The van der Waals surface area contributed by atoms with Gasteiger partial charge in [-0.3, -0.25) is 0 Å². The molecule has 0 spiro atoms. The van der Waals surface area contributed by atoms with Crippen molar-refractivity contribution in [2.24, 2.45) is 0 Å². The molecule has 1 heterocycles. The summed E-state index contributed by atoms with van der Waals surface area (Å²) in [6.07, 6.45) is 0. The van der Waals surface area contributed by atoms with E-state index in [-0.39, 0.29) is 11.0 Å². The molecular formula is C14H18BF3O2. The van der Waals surface area contributed by atoms with E-state index in [1.54, 1.807) is 0 Å². The van der Waals surface area contributed by atoms with Crippen molar-refractivity contribution < 1.29 is 22.5 Å². The zero-order valence-electron chi connectivity index (χ0n) is 12.3. The molecule has 1 aliphatic heterocycles. The van der Waals surface area contributed by atoms with E-state index in [0.717, 1.165) is 13.0 Å². The van der Waals surface area contributed by atoms with Gasteiger partial charge in [0.05, 0.1) is 11.2 Å². The highest BCUT2D eigenvalue weighted by molar-refractivity contribution is 6.62. The zero-order chi connectivity index (χ0) is 15.3. The van der Waals surface area contributed by atoms with E-state index in [1.165, 1.54) is 12.1 Å². The molecule has 0 saturated carbocycles. The number of halogens is 3. The smallest absolute Gasteiger partial charge is 0.399 e. The van der Waals surface area contributed by atoms with Crippen LogP contribution in [0, 0.1) is 5.82 Å². The lowest BCUT2D eigenvalue weighted by atomic mass is 9.78. The SMILES string of the molecule is CC(F)(F)c1ccc(B2OC(C)(C)C(C)(C)O2)c(F)c1. The summed E-state index contributed by atoms with van der Waals surface area (Å²) in [7, 11) is -0.889. The molecule has 1 saturated heterocycles. The molecule has 0 aliphatic carbocycles. The lowest BCUT2D eigenvalue weighted by molar-refractivity contribution is 0.00578. The Labute approximate surface area is 117 Å². The van der Waals surface area contributed by atoms with Gasteiger partial charge in [-0.25, -0.2) is 13.2 Å². The predicted octanol–water partition coefficient (Wildman–Crippen LogP) is 3.24. The van der Waals surface area contributed by atoms with Crippen molar-refractivity contribution in [1.29, 1.82) is 0 Å². The Morgan fingerprint density at radius 2 is 1.55 bits per heavy atom. The van der Waals surface area contributed by atoms with E-state index >= 15 is 0 Å². The molecule has 0 N–H and O–H groups in total. The van der Waals surface area contributed by atoms with Gasteiger partial charge in [-0.2, -0.15) is 0 Å². The van der Waals surface area contributed by atoms with Crippen molar-refractivity contribution in [3.05, 3.63) is 29.6 Å². The third-order valence-electron chi connectivity index (χ3n) is 4.01. The fourth-order valence-corrected chi connectivity index (χ4v) is 1.96. The van der Waals surface area contributed by atoms with Crippen LogP contribution in [-0.4, -0.2) is 18.3 Å². The number of alkyl halides is 2. The Bertz CT molecular complexity index is 508. The van der Waals surface area contributed by atoms with E-state index in [1.807, 2.05) is 27.7 Å². The van der Waals surface area contributed by atoms with Crippen LogP contribution < -0.4 is 5.46 Å². The van der Waals surface area contributed by atoms with Gasteiger partial charge in [0.1, 0.15) is 5.82 Å². The highest BCUT2D eigenvalue weighted by Gasteiger charge is 2.52. The van der Waals surface area contributed by atoms with Gasteiger partial charge in [-0.1, -0.05) is 12.1 Å². The fourth-order valence-electron chi connectivity index (χ4n) is 1.96. The normalized spacial score (nSPS) is 21.3. The molecule has 1 aromatic carbocycles.